The van der Waals surface area contributed by atoms with Crippen molar-refractivity contribution in [3.8, 4) is 0 Å². The van der Waals surface area contributed by atoms with Gasteiger partial charge in [0.25, 0.3) is 5.56 Å². The zero-order chi connectivity index (χ0) is 10.1. The van der Waals surface area contributed by atoms with E-state index in [1.165, 1.54) is 24.5 Å². The Morgan fingerprint density at radius 1 is 1.43 bits per heavy atom. The Labute approximate surface area is 78.0 Å². The van der Waals surface area contributed by atoms with Crippen LogP contribution in [-0.2, 0) is 0 Å². The molecule has 2 aromatic rings. The molecule has 1 N–H and O–H groups in total. The third kappa shape index (κ3) is 1.24. The number of aromatic nitrogens is 2. The predicted molar refractivity (Wildman–Crippen MR) is 46.7 cm³/mol. The third-order valence-electron chi connectivity index (χ3n) is 1.88. The first-order chi connectivity index (χ1) is 6.68. The number of nitrogens with one attached hydrogen (secondary N) is 1. The highest BCUT2D eigenvalue weighted by molar-refractivity contribution is 5.91. The van der Waals surface area contributed by atoms with Gasteiger partial charge in [-0.25, -0.2) is 4.98 Å². The highest BCUT2D eigenvalue weighted by Gasteiger charge is 2.00. The first-order valence-electron chi connectivity index (χ1n) is 3.87. The Kier molecular flexibility index (Phi) is 1.78. The summed E-state index contributed by atoms with van der Waals surface area (Å²) in [7, 11) is 0. The van der Waals surface area contributed by atoms with Gasteiger partial charge in [-0.1, -0.05) is 6.07 Å². The van der Waals surface area contributed by atoms with E-state index in [1.807, 2.05) is 0 Å². The summed E-state index contributed by atoms with van der Waals surface area (Å²) in [6.45, 7) is 0. The van der Waals surface area contributed by atoms with Gasteiger partial charge in [-0.3, -0.25) is 4.79 Å². The Balaban J connectivity index is 2.80. The molecule has 5 nitrogen and oxygen atoms in total. The zero-order valence-electron chi connectivity index (χ0n) is 6.98. The van der Waals surface area contributed by atoms with Crippen molar-refractivity contribution in [2.24, 2.45) is 0 Å². The Morgan fingerprint density at radius 3 is 2.93 bits per heavy atom. The number of benzene rings is 1. The van der Waals surface area contributed by atoms with Crippen LogP contribution in [0.2, 0.25) is 0 Å². The Hall–Kier alpha value is -2.17. The van der Waals surface area contributed by atoms with Crippen molar-refractivity contribution in [2.75, 3.05) is 0 Å². The fourth-order valence-corrected chi connectivity index (χ4v) is 1.20. The maximum Gasteiger partial charge on any atom is 0.258 e. The minimum Gasteiger partial charge on any atom is -0.545 e. The van der Waals surface area contributed by atoms with E-state index in [1.54, 1.807) is 0 Å². The first kappa shape index (κ1) is 8.43. The van der Waals surface area contributed by atoms with Gasteiger partial charge in [-0.05, 0) is 17.7 Å². The highest BCUT2D eigenvalue weighted by Crippen LogP contribution is 2.08. The summed E-state index contributed by atoms with van der Waals surface area (Å²) in [5.74, 6) is -1.28. The molecule has 1 aromatic heterocycles. The van der Waals surface area contributed by atoms with Crippen LogP contribution in [0.4, 0.5) is 0 Å². The van der Waals surface area contributed by atoms with E-state index in [0.717, 1.165) is 0 Å². The Morgan fingerprint density at radius 2 is 2.21 bits per heavy atom. The van der Waals surface area contributed by atoms with Crippen molar-refractivity contribution in [3.63, 3.8) is 0 Å². The van der Waals surface area contributed by atoms with Crippen LogP contribution in [0.25, 0.3) is 10.9 Å². The lowest BCUT2D eigenvalue weighted by Crippen LogP contribution is -2.22. The molecule has 1 aromatic carbocycles. The SMILES string of the molecule is O=C([O-])c1ccc2c(=O)[nH]cnc2c1. The minimum absolute atomic E-state index is 0.00981. The van der Waals surface area contributed by atoms with Crippen molar-refractivity contribution in [1.29, 1.82) is 0 Å². The molecule has 0 aliphatic heterocycles. The average Bonchev–Trinajstić information content (AvgIpc) is 2.17. The normalized spacial score (nSPS) is 10.3. The first-order valence-corrected chi connectivity index (χ1v) is 3.87. The van der Waals surface area contributed by atoms with E-state index in [0.29, 0.717) is 10.9 Å². The zero-order valence-corrected chi connectivity index (χ0v) is 6.98. The van der Waals surface area contributed by atoms with Crippen molar-refractivity contribution >= 4 is 16.9 Å². The van der Waals surface area contributed by atoms with Gasteiger partial charge >= 0.3 is 0 Å². The molecule has 2 rings (SSSR count). The predicted octanol–water partition coefficient (Wildman–Crippen LogP) is -0.713. The second-order valence-electron chi connectivity index (χ2n) is 2.75. The number of carbonyl (C=O) groups excluding carboxylic acids is 1. The second-order valence-corrected chi connectivity index (χ2v) is 2.75. The molecule has 14 heavy (non-hydrogen) atoms. The van der Waals surface area contributed by atoms with Gasteiger partial charge in [-0.2, -0.15) is 0 Å². The summed E-state index contributed by atoms with van der Waals surface area (Å²) in [5, 5.41) is 10.9. The third-order valence-corrected chi connectivity index (χ3v) is 1.88. The number of nitrogens with zero attached hydrogens (tertiary/aromatic N) is 1. The van der Waals surface area contributed by atoms with Gasteiger partial charge in [-0.15, -0.1) is 0 Å². The van der Waals surface area contributed by atoms with Crippen LogP contribution in [0.5, 0.6) is 0 Å². The number of fused-ring (bicyclic) bond motifs is 1. The monoisotopic (exact) mass is 189 g/mol. The van der Waals surface area contributed by atoms with Crippen LogP contribution in [0, 0.1) is 0 Å². The Bertz CT molecular complexity index is 559. The summed E-state index contributed by atoms with van der Waals surface area (Å²) in [4.78, 5) is 27.9. The fraction of sp³-hybridized carbons (Fsp3) is 0. The molecule has 0 bridgehead atoms. The molecule has 0 saturated carbocycles. The molecule has 0 fully saturated rings. The molecular weight excluding hydrogens is 184 g/mol. The van der Waals surface area contributed by atoms with E-state index in [-0.39, 0.29) is 11.1 Å². The van der Waals surface area contributed by atoms with E-state index >= 15 is 0 Å². The van der Waals surface area contributed by atoms with Gasteiger partial charge in [0.05, 0.1) is 23.2 Å². The summed E-state index contributed by atoms with van der Waals surface area (Å²) in [5.41, 5.74) is 0.0611. The standard InChI is InChI=1S/C9H6N2O3/c12-8-6-2-1-5(9(13)14)3-7(6)10-4-11-8/h1-4H,(H,13,14)(H,10,11,12)/p-1. The molecule has 0 saturated heterocycles. The van der Waals surface area contributed by atoms with Crippen LogP contribution in [0.15, 0.2) is 29.3 Å². The number of H-pyrrole nitrogens is 1. The fourth-order valence-electron chi connectivity index (χ4n) is 1.20. The van der Waals surface area contributed by atoms with Crippen LogP contribution >= 0.6 is 0 Å². The average molecular weight is 189 g/mol. The lowest BCUT2D eigenvalue weighted by atomic mass is 10.1. The number of carboxylic acid groups (broad SMARTS) is 1. The van der Waals surface area contributed by atoms with Gasteiger partial charge in [0.2, 0.25) is 0 Å². The topological polar surface area (TPSA) is 85.9 Å². The van der Waals surface area contributed by atoms with Gasteiger partial charge < -0.3 is 14.9 Å². The highest BCUT2D eigenvalue weighted by atomic mass is 16.4. The van der Waals surface area contributed by atoms with Crippen molar-refractivity contribution in [2.45, 2.75) is 0 Å². The molecule has 0 atom stereocenters. The molecular formula is C9H5N2O3-. The summed E-state index contributed by atoms with van der Waals surface area (Å²) >= 11 is 0. The molecule has 1 heterocycles. The molecule has 0 aliphatic rings. The molecule has 70 valence electrons. The maximum absolute atomic E-state index is 11.2. The van der Waals surface area contributed by atoms with Crippen LogP contribution in [0.3, 0.4) is 0 Å². The summed E-state index contributed by atoms with van der Waals surface area (Å²) in [6.07, 6.45) is 1.23. The number of aromatic carboxylic acids is 1. The van der Waals surface area contributed by atoms with E-state index in [4.69, 9.17) is 0 Å². The van der Waals surface area contributed by atoms with E-state index in [9.17, 15) is 14.7 Å². The number of carbonyl (C=O) groups is 1. The van der Waals surface area contributed by atoms with Crippen molar-refractivity contribution in [3.05, 3.63) is 40.4 Å². The smallest absolute Gasteiger partial charge is 0.258 e. The summed E-state index contributed by atoms with van der Waals surface area (Å²) < 4.78 is 0. The van der Waals surface area contributed by atoms with Gasteiger partial charge in [0.1, 0.15) is 0 Å². The molecule has 0 radical (unpaired) electrons. The lowest BCUT2D eigenvalue weighted by molar-refractivity contribution is -0.255. The van der Waals surface area contributed by atoms with Crippen molar-refractivity contribution < 1.29 is 9.90 Å². The largest absolute Gasteiger partial charge is 0.545 e. The lowest BCUT2D eigenvalue weighted by Gasteiger charge is -2.02. The molecule has 0 aliphatic carbocycles. The van der Waals surface area contributed by atoms with Gasteiger partial charge in [0.15, 0.2) is 0 Å². The number of hydrogen-bond donors (Lipinski definition) is 1. The van der Waals surface area contributed by atoms with Crippen LogP contribution in [-0.4, -0.2) is 15.9 Å². The number of rotatable bonds is 1. The van der Waals surface area contributed by atoms with Gasteiger partial charge in [0, 0.05) is 0 Å². The minimum atomic E-state index is -1.28. The summed E-state index contributed by atoms with van der Waals surface area (Å²) in [6, 6.07) is 4.03. The van der Waals surface area contributed by atoms with Crippen molar-refractivity contribution in [1.82, 2.24) is 9.97 Å². The molecule has 0 unspecified atom stereocenters. The molecule has 5 heteroatoms. The maximum atomic E-state index is 11.2. The number of aromatic amines is 1. The molecule has 0 amide bonds. The quantitative estimate of drug-likeness (QED) is 0.641. The number of hydrogen-bond acceptors (Lipinski definition) is 4. The van der Waals surface area contributed by atoms with Crippen LogP contribution in [0.1, 0.15) is 10.4 Å². The number of carboxylic acids is 1. The molecule has 0 spiro atoms. The van der Waals surface area contributed by atoms with E-state index < -0.39 is 5.97 Å². The van der Waals surface area contributed by atoms with Crippen LogP contribution < -0.4 is 10.7 Å². The van der Waals surface area contributed by atoms with E-state index in [2.05, 4.69) is 9.97 Å². The second kappa shape index (κ2) is 2.95.